The topological polar surface area (TPSA) is 144 Å². The molecule has 0 fully saturated rings. The number of carbonyl (C=O) groups is 3. The molecule has 4 N–H and O–H groups in total. The number of fused-ring (bicyclic) bond motifs is 3. The maximum absolute atomic E-state index is 13.2. The van der Waals surface area contributed by atoms with Gasteiger partial charge in [0, 0.05) is 50.8 Å². The standard InChI is InChI=1S/C34H34ClN7O3S/c1-19-21(3)46-34-31(19)32(23-9-11-25(35)12-10-23)39-28(33-41-40-22(4)42(33)34)18-30(45)37-16-6-8-29(44)38-26-13-14-27(20(2)43)24(17-26)7-5-15-36/h9-14,17,28H,6,8,15-16,18,36H2,1-4H3,(H,37,45)(H,38,44)/t28-/m0/s1. The summed E-state index contributed by atoms with van der Waals surface area (Å²) in [6, 6.07) is 11.9. The van der Waals surface area contributed by atoms with Gasteiger partial charge in [0.15, 0.2) is 11.6 Å². The fourth-order valence-corrected chi connectivity index (χ4v) is 6.60. The van der Waals surface area contributed by atoms with Crippen molar-refractivity contribution in [3.8, 4) is 16.8 Å². The first-order valence-corrected chi connectivity index (χ1v) is 16.0. The molecule has 2 aromatic carbocycles. The monoisotopic (exact) mass is 655 g/mol. The van der Waals surface area contributed by atoms with E-state index in [1.165, 1.54) is 11.8 Å². The molecule has 1 atom stereocenters. The van der Waals surface area contributed by atoms with Gasteiger partial charge in [-0.3, -0.25) is 23.9 Å². The highest BCUT2D eigenvalue weighted by atomic mass is 35.5. The molecule has 0 aliphatic carbocycles. The predicted molar refractivity (Wildman–Crippen MR) is 181 cm³/mol. The van der Waals surface area contributed by atoms with Crippen molar-refractivity contribution >= 4 is 51.9 Å². The second kappa shape index (κ2) is 14.2. The van der Waals surface area contributed by atoms with Gasteiger partial charge in [0.25, 0.3) is 0 Å². The lowest BCUT2D eigenvalue weighted by atomic mass is 9.99. The highest BCUT2D eigenvalue weighted by Crippen LogP contribution is 2.39. The first kappa shape index (κ1) is 32.8. The minimum absolute atomic E-state index is 0.0590. The fourth-order valence-electron chi connectivity index (χ4n) is 5.26. The van der Waals surface area contributed by atoms with E-state index in [-0.39, 0.29) is 37.0 Å². The quantitative estimate of drug-likeness (QED) is 0.128. The maximum atomic E-state index is 13.2. The van der Waals surface area contributed by atoms with Gasteiger partial charge in [-0.15, -0.1) is 21.5 Å². The van der Waals surface area contributed by atoms with Gasteiger partial charge in [0.2, 0.25) is 11.8 Å². The van der Waals surface area contributed by atoms with E-state index in [1.54, 1.807) is 29.5 Å². The van der Waals surface area contributed by atoms with Crippen molar-refractivity contribution in [1.82, 2.24) is 20.1 Å². The first-order chi connectivity index (χ1) is 22.1. The zero-order chi connectivity index (χ0) is 33.0. The van der Waals surface area contributed by atoms with Gasteiger partial charge < -0.3 is 16.4 Å². The number of hydrogen-bond acceptors (Lipinski definition) is 8. The van der Waals surface area contributed by atoms with Gasteiger partial charge in [-0.2, -0.15) is 0 Å². The summed E-state index contributed by atoms with van der Waals surface area (Å²) in [6.45, 7) is 7.98. The molecule has 0 saturated carbocycles. The van der Waals surface area contributed by atoms with Crippen molar-refractivity contribution in [3.63, 3.8) is 0 Å². The maximum Gasteiger partial charge on any atom is 0.224 e. The number of nitrogens with one attached hydrogen (secondary N) is 2. The molecule has 1 aliphatic heterocycles. The average molecular weight is 656 g/mol. The zero-order valence-electron chi connectivity index (χ0n) is 26.0. The number of hydrogen-bond donors (Lipinski definition) is 3. The van der Waals surface area contributed by atoms with E-state index < -0.39 is 6.04 Å². The summed E-state index contributed by atoms with van der Waals surface area (Å²) in [5.41, 5.74) is 10.8. The van der Waals surface area contributed by atoms with E-state index in [2.05, 4.69) is 46.5 Å². The number of halogens is 1. The van der Waals surface area contributed by atoms with E-state index in [1.807, 2.05) is 35.8 Å². The van der Waals surface area contributed by atoms with Crippen molar-refractivity contribution in [2.75, 3.05) is 18.4 Å². The average Bonchev–Trinajstić information content (AvgIpc) is 3.50. The van der Waals surface area contributed by atoms with Crippen LogP contribution in [0.5, 0.6) is 0 Å². The fraction of sp³-hybridized carbons (Fsp3) is 0.294. The second-order valence-electron chi connectivity index (χ2n) is 10.9. The smallest absolute Gasteiger partial charge is 0.224 e. The Morgan fingerprint density at radius 2 is 1.83 bits per heavy atom. The summed E-state index contributed by atoms with van der Waals surface area (Å²) in [5, 5.41) is 16.2. The number of Topliss-reactive ketones (excluding diaryl/α,β-unsaturated/α-hetero) is 1. The molecule has 2 aromatic heterocycles. The molecule has 3 heterocycles. The number of aryl methyl sites for hydroxylation is 2. The van der Waals surface area contributed by atoms with Crippen LogP contribution in [0.25, 0.3) is 5.00 Å². The summed E-state index contributed by atoms with van der Waals surface area (Å²) < 4.78 is 2.00. The third-order valence-electron chi connectivity index (χ3n) is 7.65. The third kappa shape index (κ3) is 7.10. The van der Waals surface area contributed by atoms with Gasteiger partial charge in [-0.25, -0.2) is 0 Å². The Balaban J connectivity index is 1.26. The SMILES string of the molecule is CC(=O)c1ccc(NC(=O)CCCNC(=O)C[C@@H]2N=C(c3ccc(Cl)cc3)c3c(sc(C)c3C)-n3c(C)nnc32)cc1C#CCN. The Hall–Kier alpha value is -4.63. The van der Waals surface area contributed by atoms with Crippen molar-refractivity contribution < 1.29 is 14.4 Å². The van der Waals surface area contributed by atoms with Crippen LogP contribution >= 0.6 is 22.9 Å². The number of aromatic nitrogens is 3. The first-order valence-electron chi connectivity index (χ1n) is 14.8. The van der Waals surface area contributed by atoms with Crippen LogP contribution in [0.2, 0.25) is 5.02 Å². The molecule has 12 heteroatoms. The molecule has 0 bridgehead atoms. The summed E-state index contributed by atoms with van der Waals surface area (Å²) in [5.74, 6) is 6.39. The van der Waals surface area contributed by atoms with Crippen LogP contribution in [-0.2, 0) is 9.59 Å². The van der Waals surface area contributed by atoms with Crippen molar-refractivity contribution in [2.24, 2.45) is 10.7 Å². The molecule has 1 aliphatic rings. The van der Waals surface area contributed by atoms with Crippen molar-refractivity contribution in [3.05, 3.63) is 91.8 Å². The lowest BCUT2D eigenvalue weighted by Crippen LogP contribution is -2.27. The minimum atomic E-state index is -0.580. The van der Waals surface area contributed by atoms with Crippen LogP contribution in [0.15, 0.2) is 47.5 Å². The van der Waals surface area contributed by atoms with Crippen LogP contribution in [0.3, 0.4) is 0 Å². The molecule has 46 heavy (non-hydrogen) atoms. The van der Waals surface area contributed by atoms with Gasteiger partial charge in [0.1, 0.15) is 16.9 Å². The van der Waals surface area contributed by atoms with E-state index >= 15 is 0 Å². The van der Waals surface area contributed by atoms with Crippen LogP contribution in [0.4, 0.5) is 5.69 Å². The van der Waals surface area contributed by atoms with Crippen molar-refractivity contribution in [2.45, 2.75) is 53.0 Å². The number of benzene rings is 2. The van der Waals surface area contributed by atoms with Crippen molar-refractivity contribution in [1.29, 1.82) is 0 Å². The number of carbonyl (C=O) groups excluding carboxylic acids is 3. The lowest BCUT2D eigenvalue weighted by Gasteiger charge is -2.13. The number of aliphatic imine (C=N–C) groups is 1. The summed E-state index contributed by atoms with van der Waals surface area (Å²) in [6.07, 6.45) is 0.675. The highest BCUT2D eigenvalue weighted by molar-refractivity contribution is 7.15. The van der Waals surface area contributed by atoms with Crippen LogP contribution in [0, 0.1) is 32.6 Å². The lowest BCUT2D eigenvalue weighted by molar-refractivity contribution is -0.122. The number of ketones is 1. The van der Waals surface area contributed by atoms with E-state index in [0.717, 1.165) is 33.2 Å². The molecular formula is C34H34ClN7O3S. The van der Waals surface area contributed by atoms with E-state index in [0.29, 0.717) is 40.6 Å². The van der Waals surface area contributed by atoms with Crippen LogP contribution in [-0.4, -0.2) is 51.2 Å². The largest absolute Gasteiger partial charge is 0.356 e. The van der Waals surface area contributed by atoms with Crippen LogP contribution in [0.1, 0.15) is 81.4 Å². The molecular weight excluding hydrogens is 622 g/mol. The minimum Gasteiger partial charge on any atom is -0.356 e. The van der Waals surface area contributed by atoms with Gasteiger partial charge in [-0.05, 0) is 70.0 Å². The zero-order valence-corrected chi connectivity index (χ0v) is 27.6. The molecule has 0 saturated heterocycles. The summed E-state index contributed by atoms with van der Waals surface area (Å²) >= 11 is 7.84. The number of amides is 2. The Morgan fingerprint density at radius 1 is 1.07 bits per heavy atom. The number of anilines is 1. The molecule has 10 nitrogen and oxygen atoms in total. The molecule has 0 unspecified atom stereocenters. The second-order valence-corrected chi connectivity index (χ2v) is 12.6. The van der Waals surface area contributed by atoms with Gasteiger partial charge in [-0.1, -0.05) is 35.6 Å². The molecule has 236 valence electrons. The molecule has 4 aromatic rings. The Bertz CT molecular complexity index is 1910. The Morgan fingerprint density at radius 3 is 2.54 bits per heavy atom. The highest BCUT2D eigenvalue weighted by Gasteiger charge is 2.32. The molecule has 0 spiro atoms. The summed E-state index contributed by atoms with van der Waals surface area (Å²) in [7, 11) is 0. The number of rotatable bonds is 9. The molecule has 0 radical (unpaired) electrons. The Kier molecular flexibility index (Phi) is 10.1. The van der Waals surface area contributed by atoms with Gasteiger partial charge in [0.05, 0.1) is 18.7 Å². The number of nitrogens with zero attached hydrogens (tertiary/aromatic N) is 4. The normalized spacial score (nSPS) is 13.4. The molecule has 2 amide bonds. The third-order valence-corrected chi connectivity index (χ3v) is 9.09. The van der Waals surface area contributed by atoms with Crippen LogP contribution < -0.4 is 16.4 Å². The Labute approximate surface area is 276 Å². The summed E-state index contributed by atoms with van der Waals surface area (Å²) in [4.78, 5) is 44.0. The van der Waals surface area contributed by atoms with Gasteiger partial charge >= 0.3 is 0 Å². The molecule has 5 rings (SSSR count). The number of nitrogens with two attached hydrogens (primary N) is 1. The van der Waals surface area contributed by atoms with E-state index in [4.69, 9.17) is 22.3 Å². The van der Waals surface area contributed by atoms with E-state index in [9.17, 15) is 14.4 Å². The number of thiophene rings is 1. The predicted octanol–water partition coefficient (Wildman–Crippen LogP) is 5.24.